The van der Waals surface area contributed by atoms with Gasteiger partial charge in [0.15, 0.2) is 6.61 Å². The highest BCUT2D eigenvalue weighted by Gasteiger charge is 2.00. The molecule has 0 fully saturated rings. The molecule has 0 aliphatic carbocycles. The lowest BCUT2D eigenvalue weighted by molar-refractivity contribution is 0.270. The fourth-order valence-corrected chi connectivity index (χ4v) is 0.228. The van der Waals surface area contributed by atoms with Crippen LogP contribution >= 0.6 is 0 Å². The van der Waals surface area contributed by atoms with Gasteiger partial charge in [-0.05, 0) is 0 Å². The first kappa shape index (κ1) is 2.52. The van der Waals surface area contributed by atoms with Crippen LogP contribution in [0, 0.1) is 6.07 Å². The summed E-state index contributed by atoms with van der Waals surface area (Å²) in [5.41, 5.74) is 0. The molecule has 1 aliphatic rings. The first-order valence-electron chi connectivity index (χ1n) is 1.55. The third-order valence-corrected chi connectivity index (χ3v) is 0.434. The van der Waals surface area contributed by atoms with Crippen LogP contribution in [0.25, 0.3) is 5.01 Å². The first-order valence-corrected chi connectivity index (χ1v) is 1.55. The molecule has 5 heavy (non-hydrogen) atoms. The summed E-state index contributed by atoms with van der Waals surface area (Å²) < 4.78 is 0. The van der Waals surface area contributed by atoms with E-state index in [1.165, 1.54) is 0 Å². The predicted molar refractivity (Wildman–Crippen MR) is 17.8 cm³/mol. The van der Waals surface area contributed by atoms with Crippen LogP contribution < -0.4 is 0 Å². The lowest BCUT2D eigenvalue weighted by Crippen LogP contribution is -1.71. The van der Waals surface area contributed by atoms with E-state index >= 15 is 0 Å². The van der Waals surface area contributed by atoms with Crippen molar-refractivity contribution in [2.24, 2.45) is 0 Å². The quantitative estimate of drug-likeness (QED) is 0.408. The number of rotatable bonds is 0. The molecule has 0 aromatic carbocycles. The van der Waals surface area contributed by atoms with Crippen LogP contribution in [0.3, 0.4) is 0 Å². The van der Waals surface area contributed by atoms with E-state index in [1.54, 1.807) is 0 Å². The zero-order valence-electron chi connectivity index (χ0n) is 2.77. The van der Waals surface area contributed by atoms with E-state index in [1.807, 2.05) is 0 Å². The standard InChI is InChI=1S/C3H4NO/c1-2-4-5-3-1/h1,3H2/q+1. The Balaban J connectivity index is 2.42. The maximum absolute atomic E-state index is 4.46. The SMILES string of the molecule is C1#[N+]OCC1. The summed E-state index contributed by atoms with van der Waals surface area (Å²) in [6, 6.07) is 2.62. The van der Waals surface area contributed by atoms with Crippen molar-refractivity contribution in [1.82, 2.24) is 0 Å². The summed E-state index contributed by atoms with van der Waals surface area (Å²) in [7, 11) is 0. The summed E-state index contributed by atoms with van der Waals surface area (Å²) in [6.45, 7) is 0.722. The minimum absolute atomic E-state index is 0.722. The van der Waals surface area contributed by atoms with Crippen LogP contribution in [0.4, 0.5) is 0 Å². The van der Waals surface area contributed by atoms with E-state index in [9.17, 15) is 0 Å². The smallest absolute Gasteiger partial charge is 0.162 e. The third-order valence-electron chi connectivity index (χ3n) is 0.434. The van der Waals surface area contributed by atoms with Gasteiger partial charge in [-0.2, -0.15) is 4.84 Å². The van der Waals surface area contributed by atoms with Crippen LogP contribution in [-0.4, -0.2) is 6.61 Å². The first-order chi connectivity index (χ1) is 2.50. The molecular formula is C3H4NO+. The molecule has 0 atom stereocenters. The Bertz CT molecular complexity index is 70.6. The molecule has 26 valence electrons. The van der Waals surface area contributed by atoms with Crippen molar-refractivity contribution in [3.8, 4) is 6.07 Å². The molecule has 0 radical (unpaired) electrons. The predicted octanol–water partition coefficient (Wildman–Crippen LogP) is 0.655. The second-order valence-electron chi connectivity index (χ2n) is 0.833. The second kappa shape index (κ2) is 0.937. The number of hydrogen-bond donors (Lipinski definition) is 0. The van der Waals surface area contributed by atoms with Gasteiger partial charge in [0.25, 0.3) is 0 Å². The van der Waals surface area contributed by atoms with Gasteiger partial charge >= 0.3 is 6.07 Å². The molecule has 0 saturated carbocycles. The second-order valence-corrected chi connectivity index (χ2v) is 0.833. The van der Waals surface area contributed by atoms with Crippen molar-refractivity contribution in [3.63, 3.8) is 0 Å². The molecule has 1 aliphatic heterocycles. The molecule has 0 aromatic rings. The van der Waals surface area contributed by atoms with Gasteiger partial charge in [-0.3, -0.25) is 0 Å². The van der Waals surface area contributed by atoms with Gasteiger partial charge in [-0.1, -0.05) is 0 Å². The maximum atomic E-state index is 4.46. The van der Waals surface area contributed by atoms with E-state index < -0.39 is 0 Å². The molecular weight excluding hydrogens is 66.0 g/mol. The van der Waals surface area contributed by atoms with Crippen molar-refractivity contribution in [2.75, 3.05) is 6.61 Å². The maximum Gasteiger partial charge on any atom is 0.354 e. The molecule has 0 N–H and O–H groups in total. The van der Waals surface area contributed by atoms with Gasteiger partial charge in [0.05, 0.1) is 0 Å². The number of hydrogen-bond acceptors (Lipinski definition) is 1. The molecule has 0 saturated heterocycles. The van der Waals surface area contributed by atoms with E-state index in [-0.39, 0.29) is 0 Å². The lowest BCUT2D eigenvalue weighted by atomic mass is 10.5. The van der Waals surface area contributed by atoms with Crippen molar-refractivity contribution >= 4 is 0 Å². The molecule has 0 aromatic heterocycles. The zero-order chi connectivity index (χ0) is 3.54. The summed E-state index contributed by atoms with van der Waals surface area (Å²) in [6.07, 6.45) is 0.861. The van der Waals surface area contributed by atoms with Crippen molar-refractivity contribution in [2.45, 2.75) is 6.42 Å². The highest BCUT2D eigenvalue weighted by atomic mass is 16.6. The molecule has 2 nitrogen and oxygen atoms in total. The normalized spacial score (nSPS) is 16.0. The van der Waals surface area contributed by atoms with Crippen LogP contribution in [0.15, 0.2) is 0 Å². The van der Waals surface area contributed by atoms with Gasteiger partial charge in [0.2, 0.25) is 5.01 Å². The van der Waals surface area contributed by atoms with Gasteiger partial charge < -0.3 is 0 Å². The largest absolute Gasteiger partial charge is 0.354 e. The van der Waals surface area contributed by atoms with Crippen LogP contribution in [-0.2, 0) is 4.84 Å². The molecule has 0 spiro atoms. The average Bonchev–Trinajstić information content (AvgIpc) is 1.76. The average molecular weight is 70.1 g/mol. The minimum atomic E-state index is 0.722. The van der Waals surface area contributed by atoms with Crippen LogP contribution in [0.5, 0.6) is 0 Å². The Morgan fingerprint density at radius 2 is 2.80 bits per heavy atom. The molecule has 1 rings (SSSR count). The zero-order valence-corrected chi connectivity index (χ0v) is 2.77. The Morgan fingerprint density at radius 1 is 1.80 bits per heavy atom. The van der Waals surface area contributed by atoms with E-state index in [2.05, 4.69) is 15.9 Å². The fraction of sp³-hybridized carbons (Fsp3) is 0.667. The summed E-state index contributed by atoms with van der Waals surface area (Å²) >= 11 is 0. The van der Waals surface area contributed by atoms with Crippen LogP contribution in [0.2, 0.25) is 0 Å². The Labute approximate surface area is 30.1 Å². The number of nitrogens with zero attached hydrogens (tertiary/aromatic N) is 1. The van der Waals surface area contributed by atoms with E-state index in [0.29, 0.717) is 0 Å². The lowest BCUT2D eigenvalue weighted by Gasteiger charge is -1.58. The highest BCUT2D eigenvalue weighted by Crippen LogP contribution is 1.88. The molecule has 0 amide bonds. The summed E-state index contributed by atoms with van der Waals surface area (Å²) in [5.74, 6) is 0. The Kier molecular flexibility index (Phi) is 0.473. The molecule has 0 unspecified atom stereocenters. The summed E-state index contributed by atoms with van der Waals surface area (Å²) in [5, 5.41) is 3.33. The van der Waals surface area contributed by atoms with Crippen molar-refractivity contribution in [1.29, 1.82) is 0 Å². The third kappa shape index (κ3) is 0.297. The fourth-order valence-electron chi connectivity index (χ4n) is 0.228. The van der Waals surface area contributed by atoms with Gasteiger partial charge in [0.1, 0.15) is 6.42 Å². The van der Waals surface area contributed by atoms with Crippen molar-refractivity contribution < 1.29 is 4.84 Å². The molecule has 2 heteroatoms. The van der Waals surface area contributed by atoms with Gasteiger partial charge in [-0.15, -0.1) is 0 Å². The molecule has 0 bridgehead atoms. The minimum Gasteiger partial charge on any atom is -0.162 e. The van der Waals surface area contributed by atoms with Gasteiger partial charge in [-0.25, -0.2) is 0 Å². The van der Waals surface area contributed by atoms with Crippen molar-refractivity contribution in [3.05, 3.63) is 5.01 Å². The van der Waals surface area contributed by atoms with Gasteiger partial charge in [0, 0.05) is 0 Å². The van der Waals surface area contributed by atoms with Crippen LogP contribution in [0.1, 0.15) is 6.42 Å². The van der Waals surface area contributed by atoms with E-state index in [0.717, 1.165) is 13.0 Å². The van der Waals surface area contributed by atoms with E-state index in [4.69, 9.17) is 0 Å². The Morgan fingerprint density at radius 3 is 3.00 bits per heavy atom. The summed E-state index contributed by atoms with van der Waals surface area (Å²) in [4.78, 5) is 4.46. The topological polar surface area (TPSA) is 13.6 Å². The monoisotopic (exact) mass is 70.0 g/mol. The highest BCUT2D eigenvalue weighted by molar-refractivity contribution is 4.83. The Hall–Kier alpha value is -0.710. The molecule has 1 heterocycles.